The van der Waals surface area contributed by atoms with E-state index in [9.17, 15) is 0 Å². The van der Waals surface area contributed by atoms with Crippen molar-refractivity contribution in [3.8, 4) is 11.8 Å². The van der Waals surface area contributed by atoms with Crippen LogP contribution in [-0.4, -0.2) is 18.6 Å². The summed E-state index contributed by atoms with van der Waals surface area (Å²) >= 11 is 5.88. The highest BCUT2D eigenvalue weighted by molar-refractivity contribution is 6.30. The molecule has 0 amide bonds. The van der Waals surface area contributed by atoms with E-state index in [0.717, 1.165) is 24.1 Å². The summed E-state index contributed by atoms with van der Waals surface area (Å²) in [6.45, 7) is 2.87. The first kappa shape index (κ1) is 11.0. The molecule has 74 valence electrons. The molecule has 0 radical (unpaired) electrons. The Labute approximate surface area is 89.7 Å². The van der Waals surface area contributed by atoms with Crippen molar-refractivity contribution >= 4 is 11.6 Å². The monoisotopic (exact) mass is 208 g/mol. The summed E-state index contributed by atoms with van der Waals surface area (Å²) in [5.41, 5.74) is 1.88. The molecule has 0 atom stereocenters. The number of nitrogens with one attached hydrogen (secondary N) is 1. The SMILES string of the molecule is CNCCC#Cc1cc(C)cnc1Cl. The van der Waals surface area contributed by atoms with E-state index in [-0.39, 0.29) is 0 Å². The molecule has 0 saturated carbocycles. The van der Waals surface area contributed by atoms with Gasteiger partial charge in [0, 0.05) is 19.2 Å². The Morgan fingerprint density at radius 3 is 3.07 bits per heavy atom. The zero-order valence-corrected chi connectivity index (χ0v) is 9.15. The third kappa shape index (κ3) is 3.37. The zero-order chi connectivity index (χ0) is 10.4. The molecule has 0 aliphatic heterocycles. The Hall–Kier alpha value is -1.04. The molecular formula is C11H13ClN2. The highest BCUT2D eigenvalue weighted by Gasteiger charge is 1.97. The number of halogens is 1. The first-order valence-electron chi connectivity index (χ1n) is 4.49. The Balaban J connectivity index is 2.73. The van der Waals surface area contributed by atoms with Crippen LogP contribution in [0.5, 0.6) is 0 Å². The fourth-order valence-corrected chi connectivity index (χ4v) is 1.14. The molecule has 0 bridgehead atoms. The normalized spacial score (nSPS) is 9.36. The van der Waals surface area contributed by atoms with Crippen molar-refractivity contribution in [2.45, 2.75) is 13.3 Å². The van der Waals surface area contributed by atoms with Crippen LogP contribution in [0.1, 0.15) is 17.5 Å². The van der Waals surface area contributed by atoms with Gasteiger partial charge < -0.3 is 5.32 Å². The van der Waals surface area contributed by atoms with Crippen LogP contribution < -0.4 is 5.32 Å². The van der Waals surface area contributed by atoms with Gasteiger partial charge in [-0.15, -0.1) is 0 Å². The quantitative estimate of drug-likeness (QED) is 0.457. The highest BCUT2D eigenvalue weighted by Crippen LogP contribution is 2.12. The second-order valence-corrected chi connectivity index (χ2v) is 3.36. The Morgan fingerprint density at radius 1 is 1.57 bits per heavy atom. The van der Waals surface area contributed by atoms with Crippen LogP contribution in [0.4, 0.5) is 0 Å². The molecule has 1 N–H and O–H groups in total. The molecule has 2 nitrogen and oxygen atoms in total. The molecule has 0 saturated heterocycles. The molecule has 1 heterocycles. The number of pyridine rings is 1. The van der Waals surface area contributed by atoms with E-state index in [2.05, 4.69) is 22.1 Å². The third-order valence-electron chi connectivity index (χ3n) is 1.70. The van der Waals surface area contributed by atoms with Crippen LogP contribution in [-0.2, 0) is 0 Å². The molecule has 1 rings (SSSR count). The Bertz CT molecular complexity index is 363. The molecular weight excluding hydrogens is 196 g/mol. The summed E-state index contributed by atoms with van der Waals surface area (Å²) in [6.07, 6.45) is 2.56. The van der Waals surface area contributed by atoms with E-state index in [1.165, 1.54) is 0 Å². The maximum absolute atomic E-state index is 5.88. The molecule has 0 fully saturated rings. The van der Waals surface area contributed by atoms with Gasteiger partial charge in [-0.2, -0.15) is 0 Å². The van der Waals surface area contributed by atoms with Crippen LogP contribution in [0.15, 0.2) is 12.3 Å². The topological polar surface area (TPSA) is 24.9 Å². The minimum Gasteiger partial charge on any atom is -0.319 e. The lowest BCUT2D eigenvalue weighted by atomic mass is 10.2. The molecule has 1 aromatic rings. The van der Waals surface area contributed by atoms with Gasteiger partial charge in [0.05, 0.1) is 5.56 Å². The van der Waals surface area contributed by atoms with Gasteiger partial charge >= 0.3 is 0 Å². The highest BCUT2D eigenvalue weighted by atomic mass is 35.5. The number of hydrogen-bond donors (Lipinski definition) is 1. The predicted octanol–water partition coefficient (Wildman–Crippen LogP) is 2.00. The van der Waals surface area contributed by atoms with Gasteiger partial charge in [0.1, 0.15) is 5.15 Å². The van der Waals surface area contributed by atoms with Gasteiger partial charge in [-0.1, -0.05) is 23.4 Å². The van der Waals surface area contributed by atoms with Crippen molar-refractivity contribution in [2.75, 3.05) is 13.6 Å². The van der Waals surface area contributed by atoms with Crippen molar-refractivity contribution in [3.05, 3.63) is 28.5 Å². The molecule has 0 aliphatic carbocycles. The second kappa shape index (κ2) is 5.64. The number of hydrogen-bond acceptors (Lipinski definition) is 2. The Kier molecular flexibility index (Phi) is 4.45. The average molecular weight is 209 g/mol. The van der Waals surface area contributed by atoms with Gasteiger partial charge in [-0.3, -0.25) is 0 Å². The van der Waals surface area contributed by atoms with Gasteiger partial charge in [0.25, 0.3) is 0 Å². The molecule has 3 heteroatoms. The van der Waals surface area contributed by atoms with Crippen LogP contribution in [0.2, 0.25) is 5.15 Å². The minimum atomic E-state index is 0.479. The van der Waals surface area contributed by atoms with Gasteiger partial charge in [-0.25, -0.2) is 4.98 Å². The largest absolute Gasteiger partial charge is 0.319 e. The third-order valence-corrected chi connectivity index (χ3v) is 2.00. The van der Waals surface area contributed by atoms with E-state index >= 15 is 0 Å². The summed E-state index contributed by atoms with van der Waals surface area (Å²) in [7, 11) is 1.91. The van der Waals surface area contributed by atoms with Crippen molar-refractivity contribution in [1.82, 2.24) is 10.3 Å². The number of aryl methyl sites for hydroxylation is 1. The summed E-state index contributed by atoms with van der Waals surface area (Å²) in [4.78, 5) is 4.02. The summed E-state index contributed by atoms with van der Waals surface area (Å²) in [6, 6.07) is 1.95. The summed E-state index contributed by atoms with van der Waals surface area (Å²) < 4.78 is 0. The number of rotatable bonds is 2. The summed E-state index contributed by atoms with van der Waals surface area (Å²) in [5, 5.41) is 3.51. The van der Waals surface area contributed by atoms with Crippen molar-refractivity contribution in [1.29, 1.82) is 0 Å². The lowest BCUT2D eigenvalue weighted by Gasteiger charge is -1.96. The van der Waals surface area contributed by atoms with E-state index in [0.29, 0.717) is 5.15 Å². The standard InChI is InChI=1S/C11H13ClN2/c1-9-7-10(11(12)14-8-9)5-3-4-6-13-2/h7-8,13H,4,6H2,1-2H3. The number of nitrogens with zero attached hydrogens (tertiary/aromatic N) is 1. The molecule has 0 unspecified atom stereocenters. The maximum atomic E-state index is 5.88. The lowest BCUT2D eigenvalue weighted by molar-refractivity contribution is 0.818. The fraction of sp³-hybridized carbons (Fsp3) is 0.364. The molecule has 14 heavy (non-hydrogen) atoms. The lowest BCUT2D eigenvalue weighted by Crippen LogP contribution is -2.05. The Morgan fingerprint density at radius 2 is 2.36 bits per heavy atom. The van der Waals surface area contributed by atoms with Crippen molar-refractivity contribution in [2.24, 2.45) is 0 Å². The van der Waals surface area contributed by atoms with Crippen LogP contribution in [0, 0.1) is 18.8 Å². The van der Waals surface area contributed by atoms with E-state index in [1.807, 2.05) is 20.0 Å². The van der Waals surface area contributed by atoms with E-state index in [1.54, 1.807) is 6.20 Å². The minimum absolute atomic E-state index is 0.479. The van der Waals surface area contributed by atoms with Gasteiger partial charge in [-0.05, 0) is 25.6 Å². The summed E-state index contributed by atoms with van der Waals surface area (Å²) in [5.74, 6) is 6.04. The van der Waals surface area contributed by atoms with E-state index < -0.39 is 0 Å². The van der Waals surface area contributed by atoms with Crippen LogP contribution >= 0.6 is 11.6 Å². The van der Waals surface area contributed by atoms with Gasteiger partial charge in [0.2, 0.25) is 0 Å². The molecule has 1 aromatic heterocycles. The second-order valence-electron chi connectivity index (χ2n) is 3.01. The van der Waals surface area contributed by atoms with Crippen LogP contribution in [0.25, 0.3) is 0 Å². The predicted molar refractivity (Wildman–Crippen MR) is 59.4 cm³/mol. The molecule has 0 spiro atoms. The zero-order valence-electron chi connectivity index (χ0n) is 8.39. The first-order valence-corrected chi connectivity index (χ1v) is 4.87. The number of aromatic nitrogens is 1. The fourth-order valence-electron chi connectivity index (χ4n) is 0.985. The van der Waals surface area contributed by atoms with Crippen molar-refractivity contribution < 1.29 is 0 Å². The average Bonchev–Trinajstić information content (AvgIpc) is 2.18. The van der Waals surface area contributed by atoms with Crippen molar-refractivity contribution in [3.63, 3.8) is 0 Å². The maximum Gasteiger partial charge on any atom is 0.144 e. The van der Waals surface area contributed by atoms with Gasteiger partial charge in [0.15, 0.2) is 0 Å². The van der Waals surface area contributed by atoms with Crippen LogP contribution in [0.3, 0.4) is 0 Å². The molecule has 0 aliphatic rings. The first-order chi connectivity index (χ1) is 6.74. The van der Waals surface area contributed by atoms with E-state index in [4.69, 9.17) is 11.6 Å². The molecule has 0 aromatic carbocycles. The smallest absolute Gasteiger partial charge is 0.144 e.